The number of hydrogen-bond donors (Lipinski definition) is 0. The number of ether oxygens (including phenoxy) is 5. The van der Waals surface area contributed by atoms with Crippen molar-refractivity contribution in [3.8, 4) is 0 Å². The van der Waals surface area contributed by atoms with Crippen molar-refractivity contribution in [2.75, 3.05) is 6.61 Å². The van der Waals surface area contributed by atoms with Crippen LogP contribution in [0.5, 0.6) is 0 Å². The maximum atomic E-state index is 5.95. The molecular formula is C12H19IO5. The Hall–Kier alpha value is 0.530. The van der Waals surface area contributed by atoms with Crippen molar-refractivity contribution in [3.05, 3.63) is 0 Å². The van der Waals surface area contributed by atoms with Gasteiger partial charge in [-0.2, -0.15) is 0 Å². The maximum Gasteiger partial charge on any atom is 0.188 e. The molecule has 0 unspecified atom stereocenters. The van der Waals surface area contributed by atoms with Crippen molar-refractivity contribution in [2.24, 2.45) is 0 Å². The maximum absolute atomic E-state index is 5.95. The summed E-state index contributed by atoms with van der Waals surface area (Å²) in [4.78, 5) is 0. The lowest BCUT2D eigenvalue weighted by Crippen LogP contribution is -2.39. The Balaban J connectivity index is 1.68. The predicted molar refractivity (Wildman–Crippen MR) is 71.4 cm³/mol. The van der Waals surface area contributed by atoms with Gasteiger partial charge in [-0.15, -0.1) is 0 Å². The average molecular weight is 370 g/mol. The van der Waals surface area contributed by atoms with E-state index in [0.717, 1.165) is 0 Å². The second kappa shape index (κ2) is 4.26. The molecule has 0 aromatic heterocycles. The van der Waals surface area contributed by atoms with Crippen molar-refractivity contribution in [1.29, 1.82) is 0 Å². The topological polar surface area (TPSA) is 46.2 Å². The first-order chi connectivity index (χ1) is 8.27. The summed E-state index contributed by atoms with van der Waals surface area (Å²) in [6.45, 7) is 8.21. The van der Waals surface area contributed by atoms with Crippen LogP contribution in [0.2, 0.25) is 0 Å². The normalized spacial score (nSPS) is 49.5. The second-order valence-corrected chi connectivity index (χ2v) is 7.32. The SMILES string of the molecule is CC1(C)O[C@H]2O[C@H]([C@H]3COC(C)(C)O3)[C@@H](I)[C@H]2O1. The van der Waals surface area contributed by atoms with Crippen molar-refractivity contribution < 1.29 is 23.7 Å². The van der Waals surface area contributed by atoms with Crippen LogP contribution < -0.4 is 0 Å². The molecule has 3 saturated heterocycles. The monoisotopic (exact) mass is 370 g/mol. The van der Waals surface area contributed by atoms with Crippen LogP contribution in [0.4, 0.5) is 0 Å². The van der Waals surface area contributed by atoms with Crippen molar-refractivity contribution in [1.82, 2.24) is 0 Å². The third-order valence-electron chi connectivity index (χ3n) is 3.40. The van der Waals surface area contributed by atoms with Crippen molar-refractivity contribution in [2.45, 2.75) is 67.8 Å². The van der Waals surface area contributed by atoms with Gasteiger partial charge in [0.15, 0.2) is 17.9 Å². The second-order valence-electron chi connectivity index (χ2n) is 5.88. The Morgan fingerprint density at radius 1 is 0.944 bits per heavy atom. The van der Waals surface area contributed by atoms with E-state index in [1.807, 2.05) is 27.7 Å². The van der Waals surface area contributed by atoms with Gasteiger partial charge in [-0.05, 0) is 27.7 Å². The standard InChI is InChI=1S/C12H19IO5/c1-11(2)14-5-6(16-11)8-7(13)9-10(15-8)18-12(3,4)17-9/h6-10H,5H2,1-4H3/t6-,7-,8-,9-,10-/m1/s1. The lowest BCUT2D eigenvalue weighted by atomic mass is 10.1. The molecule has 0 radical (unpaired) electrons. The van der Waals surface area contributed by atoms with Crippen LogP contribution in [0.1, 0.15) is 27.7 Å². The first kappa shape index (κ1) is 13.5. The van der Waals surface area contributed by atoms with Gasteiger partial charge in [0.2, 0.25) is 0 Å². The molecule has 0 aromatic rings. The van der Waals surface area contributed by atoms with Gasteiger partial charge in [-0.25, -0.2) is 0 Å². The Morgan fingerprint density at radius 3 is 2.22 bits per heavy atom. The summed E-state index contributed by atoms with van der Waals surface area (Å²) in [7, 11) is 0. The van der Waals surface area contributed by atoms with Crippen LogP contribution in [0.25, 0.3) is 0 Å². The molecule has 3 heterocycles. The summed E-state index contributed by atoms with van der Waals surface area (Å²) >= 11 is 2.36. The van der Waals surface area contributed by atoms with Crippen LogP contribution in [-0.4, -0.2) is 46.7 Å². The fourth-order valence-corrected chi connectivity index (χ4v) is 3.78. The highest BCUT2D eigenvalue weighted by atomic mass is 127. The summed E-state index contributed by atoms with van der Waals surface area (Å²) in [5.41, 5.74) is 0. The molecule has 0 bridgehead atoms. The molecule has 0 saturated carbocycles. The first-order valence-electron chi connectivity index (χ1n) is 6.24. The van der Waals surface area contributed by atoms with Crippen molar-refractivity contribution in [3.63, 3.8) is 0 Å². The van der Waals surface area contributed by atoms with E-state index in [1.165, 1.54) is 0 Å². The Labute approximate surface area is 121 Å². The molecule has 3 rings (SSSR count). The molecule has 3 aliphatic heterocycles. The van der Waals surface area contributed by atoms with Gasteiger partial charge < -0.3 is 23.7 Å². The third-order valence-corrected chi connectivity index (χ3v) is 4.82. The van der Waals surface area contributed by atoms with Crippen LogP contribution in [-0.2, 0) is 23.7 Å². The van der Waals surface area contributed by atoms with E-state index in [4.69, 9.17) is 23.7 Å². The van der Waals surface area contributed by atoms with Gasteiger partial charge in [0.25, 0.3) is 0 Å². The van der Waals surface area contributed by atoms with Crippen LogP contribution in [0.3, 0.4) is 0 Å². The summed E-state index contributed by atoms with van der Waals surface area (Å²) in [6.07, 6.45) is -0.418. The van der Waals surface area contributed by atoms with E-state index in [9.17, 15) is 0 Å². The number of fused-ring (bicyclic) bond motifs is 1. The molecule has 0 amide bonds. The molecular weight excluding hydrogens is 351 g/mol. The average Bonchev–Trinajstić information content (AvgIpc) is 2.81. The molecule has 104 valence electrons. The van der Waals surface area contributed by atoms with E-state index in [1.54, 1.807) is 0 Å². The summed E-state index contributed by atoms with van der Waals surface area (Å²) in [5, 5.41) is 0. The fraction of sp³-hybridized carbons (Fsp3) is 1.00. The van der Waals surface area contributed by atoms with Gasteiger partial charge in [-0.3, -0.25) is 0 Å². The zero-order chi connectivity index (χ0) is 13.1. The van der Waals surface area contributed by atoms with E-state index in [2.05, 4.69) is 22.6 Å². The minimum absolute atomic E-state index is 0.0297. The summed E-state index contributed by atoms with van der Waals surface area (Å²) in [5.74, 6) is -1.08. The minimum atomic E-state index is -0.559. The molecule has 3 aliphatic rings. The Morgan fingerprint density at radius 2 is 1.67 bits per heavy atom. The predicted octanol–water partition coefficient (Wildman–Crippen LogP) is 1.82. The van der Waals surface area contributed by atoms with Crippen molar-refractivity contribution >= 4 is 22.6 Å². The largest absolute Gasteiger partial charge is 0.348 e. The molecule has 0 aliphatic carbocycles. The van der Waals surface area contributed by atoms with Gasteiger partial charge in [-0.1, -0.05) is 22.6 Å². The molecule has 18 heavy (non-hydrogen) atoms. The van der Waals surface area contributed by atoms with E-state index >= 15 is 0 Å². The van der Waals surface area contributed by atoms with Gasteiger partial charge in [0.1, 0.15) is 18.3 Å². The lowest BCUT2D eigenvalue weighted by molar-refractivity contribution is -0.219. The van der Waals surface area contributed by atoms with E-state index < -0.39 is 11.6 Å². The van der Waals surface area contributed by atoms with Gasteiger partial charge in [0, 0.05) is 0 Å². The molecule has 6 heteroatoms. The van der Waals surface area contributed by atoms with Crippen LogP contribution >= 0.6 is 22.6 Å². The van der Waals surface area contributed by atoms with Crippen LogP contribution in [0, 0.1) is 0 Å². The van der Waals surface area contributed by atoms with Crippen LogP contribution in [0.15, 0.2) is 0 Å². The fourth-order valence-electron chi connectivity index (χ4n) is 2.67. The highest BCUT2D eigenvalue weighted by Gasteiger charge is 2.57. The highest BCUT2D eigenvalue weighted by molar-refractivity contribution is 14.1. The summed E-state index contributed by atoms with van der Waals surface area (Å²) in [6, 6.07) is 0. The zero-order valence-corrected chi connectivity index (χ0v) is 13.2. The number of halogens is 1. The Bertz CT molecular complexity index is 345. The lowest BCUT2D eigenvalue weighted by Gasteiger charge is -2.26. The van der Waals surface area contributed by atoms with Gasteiger partial charge >= 0.3 is 0 Å². The molecule has 5 atom stereocenters. The number of alkyl halides is 1. The highest BCUT2D eigenvalue weighted by Crippen LogP contribution is 2.43. The van der Waals surface area contributed by atoms with Gasteiger partial charge in [0.05, 0.1) is 10.5 Å². The third kappa shape index (κ3) is 2.31. The number of rotatable bonds is 1. The molecule has 3 fully saturated rings. The minimum Gasteiger partial charge on any atom is -0.348 e. The molecule has 0 N–H and O–H groups in total. The zero-order valence-electron chi connectivity index (χ0n) is 11.0. The summed E-state index contributed by atoms with van der Waals surface area (Å²) < 4.78 is 29.2. The Kier molecular flexibility index (Phi) is 3.20. The molecule has 0 aromatic carbocycles. The number of hydrogen-bond acceptors (Lipinski definition) is 5. The molecule has 5 nitrogen and oxygen atoms in total. The van der Waals surface area contributed by atoms with E-state index in [0.29, 0.717) is 6.61 Å². The van der Waals surface area contributed by atoms with E-state index in [-0.39, 0.29) is 28.5 Å². The quantitative estimate of drug-likeness (QED) is 0.521. The first-order valence-corrected chi connectivity index (χ1v) is 7.49. The molecule has 0 spiro atoms. The smallest absolute Gasteiger partial charge is 0.188 e.